The Morgan fingerprint density at radius 1 is 1.09 bits per heavy atom. The number of nitrogens with one attached hydrogen (secondary N) is 1. The van der Waals surface area contributed by atoms with E-state index in [0.717, 1.165) is 11.6 Å². The van der Waals surface area contributed by atoms with Crippen molar-refractivity contribution >= 4 is 29.8 Å². The highest BCUT2D eigenvalue weighted by molar-refractivity contribution is 6.02. The van der Waals surface area contributed by atoms with Gasteiger partial charge in [-0.15, -0.1) is 5.06 Å². The van der Waals surface area contributed by atoms with E-state index in [4.69, 9.17) is 14.3 Å². The summed E-state index contributed by atoms with van der Waals surface area (Å²) < 4.78 is 10.4. The first kappa shape index (κ1) is 24.6. The van der Waals surface area contributed by atoms with Crippen LogP contribution in [0.25, 0.3) is 0 Å². The van der Waals surface area contributed by atoms with Gasteiger partial charge >= 0.3 is 18.0 Å². The van der Waals surface area contributed by atoms with Crippen LogP contribution >= 0.6 is 0 Å². The molecule has 1 fully saturated rings. The summed E-state index contributed by atoms with van der Waals surface area (Å²) in [6.45, 7) is 8.43. The maximum absolute atomic E-state index is 12.8. The van der Waals surface area contributed by atoms with Crippen molar-refractivity contribution < 1.29 is 38.3 Å². The molecule has 0 spiro atoms. The lowest BCUT2D eigenvalue weighted by molar-refractivity contribution is -0.204. The number of imide groups is 1. The Bertz CT molecular complexity index is 875. The molecular weight excluding hydrogens is 420 g/mol. The second kappa shape index (κ2) is 10.6. The van der Waals surface area contributed by atoms with E-state index in [-0.39, 0.29) is 19.3 Å². The fourth-order valence-electron chi connectivity index (χ4n) is 2.69. The van der Waals surface area contributed by atoms with Crippen molar-refractivity contribution in [3.8, 4) is 0 Å². The van der Waals surface area contributed by atoms with Crippen molar-refractivity contribution in [3.05, 3.63) is 48.6 Å². The van der Waals surface area contributed by atoms with Crippen molar-refractivity contribution in [1.82, 2.24) is 10.4 Å². The van der Waals surface area contributed by atoms with E-state index >= 15 is 0 Å². The molecule has 1 aliphatic heterocycles. The lowest BCUT2D eigenvalue weighted by Crippen LogP contribution is -2.47. The third-order valence-corrected chi connectivity index (χ3v) is 4.13. The maximum Gasteiger partial charge on any atom is 0.408 e. The molecule has 3 amide bonds. The molecule has 2 atom stereocenters. The minimum atomic E-state index is -1.61. The van der Waals surface area contributed by atoms with Crippen LogP contribution in [0.1, 0.15) is 39.2 Å². The molecule has 10 heteroatoms. The van der Waals surface area contributed by atoms with Gasteiger partial charge in [0.1, 0.15) is 11.6 Å². The van der Waals surface area contributed by atoms with Crippen LogP contribution in [0.5, 0.6) is 0 Å². The summed E-state index contributed by atoms with van der Waals surface area (Å²) in [7, 11) is 0. The minimum Gasteiger partial charge on any atom is -0.444 e. The molecule has 0 aromatic heterocycles. The zero-order valence-electron chi connectivity index (χ0n) is 18.2. The molecule has 0 unspecified atom stereocenters. The van der Waals surface area contributed by atoms with Gasteiger partial charge in [-0.05, 0) is 32.4 Å². The first-order chi connectivity index (χ1) is 15.0. The van der Waals surface area contributed by atoms with Gasteiger partial charge in [0.05, 0.1) is 0 Å². The van der Waals surface area contributed by atoms with E-state index in [2.05, 4.69) is 11.9 Å². The lowest BCUT2D eigenvalue weighted by Gasteiger charge is -2.24. The van der Waals surface area contributed by atoms with Gasteiger partial charge in [0.2, 0.25) is 6.10 Å². The van der Waals surface area contributed by atoms with Crippen LogP contribution in [0.2, 0.25) is 0 Å². The molecule has 1 aromatic carbocycles. The highest BCUT2D eigenvalue weighted by atomic mass is 16.7. The Morgan fingerprint density at radius 3 is 2.22 bits per heavy atom. The number of ether oxygens (including phenoxy) is 2. The number of hydrogen-bond acceptors (Lipinski definition) is 8. The number of hydrogen-bond donors (Lipinski definition) is 1. The van der Waals surface area contributed by atoms with E-state index in [1.54, 1.807) is 51.1 Å². The van der Waals surface area contributed by atoms with Crippen LogP contribution in [0.4, 0.5) is 4.79 Å². The molecule has 0 bridgehead atoms. The number of alkyl carbamates (subject to hydrolysis) is 1. The van der Waals surface area contributed by atoms with E-state index in [0.29, 0.717) is 5.06 Å². The summed E-state index contributed by atoms with van der Waals surface area (Å²) in [6, 6.07) is 7.63. The maximum atomic E-state index is 12.8. The van der Waals surface area contributed by atoms with Gasteiger partial charge in [0.15, 0.2) is 0 Å². The Labute approximate surface area is 185 Å². The molecule has 1 N–H and O–H groups in total. The topological polar surface area (TPSA) is 128 Å². The van der Waals surface area contributed by atoms with E-state index in [1.807, 2.05) is 0 Å². The smallest absolute Gasteiger partial charge is 0.408 e. The number of esters is 1. The van der Waals surface area contributed by atoms with Gasteiger partial charge in [0.25, 0.3) is 11.8 Å². The number of rotatable bonds is 8. The summed E-state index contributed by atoms with van der Waals surface area (Å²) >= 11 is 0. The Morgan fingerprint density at radius 2 is 1.69 bits per heavy atom. The summed E-state index contributed by atoms with van der Waals surface area (Å²) in [4.78, 5) is 65.4. The number of carbonyl (C=O) groups is 5. The molecule has 32 heavy (non-hydrogen) atoms. The molecular formula is C22H26N2O8. The molecule has 0 radical (unpaired) electrons. The third-order valence-electron chi connectivity index (χ3n) is 4.13. The van der Waals surface area contributed by atoms with E-state index in [1.165, 1.54) is 0 Å². The van der Waals surface area contributed by atoms with Crippen LogP contribution in [0.15, 0.2) is 43.0 Å². The van der Waals surface area contributed by atoms with E-state index in [9.17, 15) is 24.0 Å². The molecule has 172 valence electrons. The predicted molar refractivity (Wildman–Crippen MR) is 111 cm³/mol. The molecule has 10 nitrogen and oxygen atoms in total. The van der Waals surface area contributed by atoms with E-state index < -0.39 is 47.6 Å². The Kier molecular flexibility index (Phi) is 8.11. The lowest BCUT2D eigenvalue weighted by atomic mass is 10.1. The fraction of sp³-hybridized carbons (Fsp3) is 0.409. The highest BCUT2D eigenvalue weighted by Gasteiger charge is 2.36. The fourth-order valence-corrected chi connectivity index (χ4v) is 2.69. The molecule has 1 heterocycles. The van der Waals surface area contributed by atoms with Gasteiger partial charge in [-0.1, -0.05) is 36.9 Å². The monoisotopic (exact) mass is 446 g/mol. The van der Waals surface area contributed by atoms with Crippen molar-refractivity contribution in [2.75, 3.05) is 0 Å². The van der Waals surface area contributed by atoms with Crippen molar-refractivity contribution in [1.29, 1.82) is 0 Å². The van der Waals surface area contributed by atoms with Crippen molar-refractivity contribution in [3.63, 3.8) is 0 Å². The van der Waals surface area contributed by atoms with Gasteiger partial charge in [-0.2, -0.15) is 0 Å². The Hall–Kier alpha value is -3.69. The molecule has 2 rings (SSSR count). The minimum absolute atomic E-state index is 0.0565. The highest BCUT2D eigenvalue weighted by Crippen LogP contribution is 2.15. The quantitative estimate of drug-likeness (QED) is 0.364. The van der Waals surface area contributed by atoms with Gasteiger partial charge in [-0.25, -0.2) is 14.4 Å². The summed E-state index contributed by atoms with van der Waals surface area (Å²) in [5, 5.41) is 2.78. The average molecular weight is 446 g/mol. The normalized spacial score (nSPS) is 15.5. The van der Waals surface area contributed by atoms with Crippen molar-refractivity contribution in [2.24, 2.45) is 0 Å². The van der Waals surface area contributed by atoms with Crippen LogP contribution < -0.4 is 5.32 Å². The average Bonchev–Trinajstić information content (AvgIpc) is 3.02. The number of carbonyl (C=O) groups excluding carboxylic acids is 5. The number of hydroxylamine groups is 2. The molecule has 1 saturated heterocycles. The van der Waals surface area contributed by atoms with Gasteiger partial charge in [0, 0.05) is 19.3 Å². The Balaban J connectivity index is 2.10. The molecule has 0 aliphatic carbocycles. The van der Waals surface area contributed by atoms with Gasteiger partial charge < -0.3 is 19.6 Å². The SMILES string of the molecule is C=C[C@H](OC(=O)[C@H](Cc1ccccc1)NC(=O)OC(C)(C)C)C(=O)ON1C(=O)CCC1=O. The molecule has 1 aromatic rings. The molecule has 1 aliphatic rings. The van der Waals surface area contributed by atoms with Crippen molar-refractivity contribution in [2.45, 2.75) is 57.8 Å². The summed E-state index contributed by atoms with van der Waals surface area (Å²) in [6.07, 6.45) is -1.57. The van der Waals surface area contributed by atoms with Crippen LogP contribution in [0.3, 0.4) is 0 Å². The zero-order valence-corrected chi connectivity index (χ0v) is 18.2. The number of nitrogens with zero attached hydrogens (tertiary/aromatic N) is 1. The standard InChI is InChI=1S/C22H26N2O8/c1-5-16(20(28)32-24-17(25)11-12-18(24)26)30-19(27)15(13-14-9-7-6-8-10-14)23-21(29)31-22(2,3)4/h5-10,15-16H,1,11-13H2,2-4H3,(H,23,29)/t15-,16-/m0/s1. The van der Waals surface area contributed by atoms with Crippen LogP contribution in [-0.4, -0.2) is 52.7 Å². The first-order valence-corrected chi connectivity index (χ1v) is 9.94. The largest absolute Gasteiger partial charge is 0.444 e. The van der Waals surface area contributed by atoms with Gasteiger partial charge in [-0.3, -0.25) is 9.59 Å². The summed E-state index contributed by atoms with van der Waals surface area (Å²) in [5.41, 5.74) is -0.0791. The van der Waals surface area contributed by atoms with Crippen LogP contribution in [-0.2, 0) is 39.9 Å². The third kappa shape index (κ3) is 7.22. The predicted octanol–water partition coefficient (Wildman–Crippen LogP) is 1.83. The number of benzene rings is 1. The number of amides is 3. The second-order valence-corrected chi connectivity index (χ2v) is 7.97. The van der Waals surface area contributed by atoms with Crippen LogP contribution in [0, 0.1) is 0 Å². The zero-order chi connectivity index (χ0) is 23.9. The first-order valence-electron chi connectivity index (χ1n) is 9.94. The second-order valence-electron chi connectivity index (χ2n) is 7.97. The summed E-state index contributed by atoms with van der Waals surface area (Å²) in [5.74, 6) is -3.48. The molecule has 0 saturated carbocycles.